The number of fused-ring (bicyclic) bond motifs is 3. The lowest BCUT2D eigenvalue weighted by Gasteiger charge is -2.18. The lowest BCUT2D eigenvalue weighted by Crippen LogP contribution is -2.30. The molecule has 4 nitrogen and oxygen atoms in total. The Labute approximate surface area is 167 Å². The van der Waals surface area contributed by atoms with Gasteiger partial charge in [0.25, 0.3) is 0 Å². The van der Waals surface area contributed by atoms with Crippen molar-refractivity contribution < 1.29 is 4.79 Å². The second-order valence-corrected chi connectivity index (χ2v) is 9.59. The second-order valence-electron chi connectivity index (χ2n) is 7.17. The van der Waals surface area contributed by atoms with Crippen molar-refractivity contribution in [1.82, 2.24) is 15.3 Å². The van der Waals surface area contributed by atoms with Crippen LogP contribution in [0.2, 0.25) is 0 Å². The Kier molecular flexibility index (Phi) is 5.45. The summed E-state index contributed by atoms with van der Waals surface area (Å²) in [5.41, 5.74) is 2.52. The quantitative estimate of drug-likeness (QED) is 0.504. The van der Waals surface area contributed by atoms with Crippen molar-refractivity contribution in [3.05, 3.63) is 52.7 Å². The van der Waals surface area contributed by atoms with Gasteiger partial charge in [0.1, 0.15) is 16.2 Å². The summed E-state index contributed by atoms with van der Waals surface area (Å²) in [6.07, 6.45) is 5.06. The number of thiophene rings is 1. The minimum absolute atomic E-state index is 0.0355. The molecule has 2 aromatic heterocycles. The monoisotopic (exact) mass is 397 g/mol. The number of amides is 1. The normalized spacial score (nSPS) is 17.5. The van der Waals surface area contributed by atoms with Gasteiger partial charge < -0.3 is 5.32 Å². The summed E-state index contributed by atoms with van der Waals surface area (Å²) in [6.45, 7) is 4.81. The number of hydrogen-bond acceptors (Lipinski definition) is 5. The molecule has 0 bridgehead atoms. The molecule has 0 spiro atoms. The van der Waals surface area contributed by atoms with Gasteiger partial charge in [-0.25, -0.2) is 9.97 Å². The predicted molar refractivity (Wildman–Crippen MR) is 112 cm³/mol. The zero-order valence-electron chi connectivity index (χ0n) is 15.6. The highest BCUT2D eigenvalue weighted by Crippen LogP contribution is 2.41. The number of hydrogen-bond donors (Lipinski definition) is 1. The lowest BCUT2D eigenvalue weighted by molar-refractivity contribution is -0.120. The maximum atomic E-state index is 12.6. The SMILES string of the molecule is C[C@H]1CCc2c(sc3ncnc(S[C@H](C)C(=O)NCc4ccccc4)c23)C1. The van der Waals surface area contributed by atoms with Crippen LogP contribution in [0.5, 0.6) is 0 Å². The van der Waals surface area contributed by atoms with Crippen LogP contribution in [0.25, 0.3) is 10.2 Å². The third-order valence-electron chi connectivity index (χ3n) is 5.02. The van der Waals surface area contributed by atoms with E-state index in [1.165, 1.54) is 34.0 Å². The molecule has 2 atom stereocenters. The summed E-state index contributed by atoms with van der Waals surface area (Å²) in [5.74, 6) is 0.769. The van der Waals surface area contributed by atoms with Gasteiger partial charge in [-0.3, -0.25) is 4.79 Å². The topological polar surface area (TPSA) is 54.9 Å². The fraction of sp³-hybridized carbons (Fsp3) is 0.381. The number of thioether (sulfide) groups is 1. The van der Waals surface area contributed by atoms with E-state index in [0.29, 0.717) is 6.54 Å². The maximum Gasteiger partial charge on any atom is 0.233 e. The van der Waals surface area contributed by atoms with Crippen LogP contribution in [0.1, 0.15) is 36.3 Å². The number of carbonyl (C=O) groups is 1. The molecule has 4 rings (SSSR count). The molecule has 27 heavy (non-hydrogen) atoms. The molecule has 0 fully saturated rings. The zero-order valence-corrected chi connectivity index (χ0v) is 17.2. The molecule has 2 heterocycles. The highest BCUT2D eigenvalue weighted by atomic mass is 32.2. The number of rotatable bonds is 5. The van der Waals surface area contributed by atoms with Crippen LogP contribution in [0, 0.1) is 5.92 Å². The number of benzene rings is 1. The molecule has 1 N–H and O–H groups in total. The molecule has 6 heteroatoms. The molecule has 1 amide bonds. The van der Waals surface area contributed by atoms with E-state index in [-0.39, 0.29) is 11.2 Å². The van der Waals surface area contributed by atoms with Gasteiger partial charge in [-0.05, 0) is 43.2 Å². The van der Waals surface area contributed by atoms with Crippen molar-refractivity contribution in [2.45, 2.75) is 49.9 Å². The summed E-state index contributed by atoms with van der Waals surface area (Å²) in [6, 6.07) is 9.98. The largest absolute Gasteiger partial charge is 0.351 e. The van der Waals surface area contributed by atoms with Crippen molar-refractivity contribution >= 4 is 39.2 Å². The standard InChI is InChI=1S/C21H23N3OS2/c1-13-8-9-16-17(10-13)27-21-18(16)20(23-12-24-21)26-14(2)19(25)22-11-15-6-4-3-5-7-15/h3-7,12-14H,8-11H2,1-2H3,(H,22,25)/t13-,14+/m0/s1. The van der Waals surface area contributed by atoms with Gasteiger partial charge >= 0.3 is 0 Å². The minimum atomic E-state index is -0.204. The Morgan fingerprint density at radius 3 is 2.96 bits per heavy atom. The summed E-state index contributed by atoms with van der Waals surface area (Å²) in [5, 5.41) is 4.94. The summed E-state index contributed by atoms with van der Waals surface area (Å²) >= 11 is 3.33. The van der Waals surface area contributed by atoms with E-state index >= 15 is 0 Å². The molecule has 1 aromatic carbocycles. The summed E-state index contributed by atoms with van der Waals surface area (Å²) < 4.78 is 0. The van der Waals surface area contributed by atoms with Gasteiger partial charge in [0, 0.05) is 16.8 Å². The summed E-state index contributed by atoms with van der Waals surface area (Å²) in [7, 11) is 0. The van der Waals surface area contributed by atoms with Crippen molar-refractivity contribution in [2.75, 3.05) is 0 Å². The molecular weight excluding hydrogens is 374 g/mol. The Balaban J connectivity index is 1.50. The van der Waals surface area contributed by atoms with E-state index in [1.807, 2.05) is 37.3 Å². The van der Waals surface area contributed by atoms with Gasteiger partial charge in [-0.15, -0.1) is 11.3 Å². The van der Waals surface area contributed by atoms with Gasteiger partial charge in [0.2, 0.25) is 5.91 Å². The first kappa shape index (κ1) is 18.4. The average molecular weight is 398 g/mol. The molecule has 0 saturated carbocycles. The Hall–Kier alpha value is -1.92. The van der Waals surface area contributed by atoms with Gasteiger partial charge in [0.15, 0.2) is 0 Å². The van der Waals surface area contributed by atoms with Gasteiger partial charge in [-0.1, -0.05) is 49.0 Å². The van der Waals surface area contributed by atoms with Crippen molar-refractivity contribution in [2.24, 2.45) is 5.92 Å². The van der Waals surface area contributed by atoms with Crippen LogP contribution >= 0.6 is 23.1 Å². The first-order valence-corrected chi connectivity index (χ1v) is 11.0. The molecule has 0 aliphatic heterocycles. The lowest BCUT2D eigenvalue weighted by atomic mass is 9.89. The van der Waals surface area contributed by atoms with Crippen LogP contribution in [-0.2, 0) is 24.2 Å². The van der Waals surface area contributed by atoms with Crippen molar-refractivity contribution in [1.29, 1.82) is 0 Å². The molecule has 0 saturated heterocycles. The molecule has 1 aliphatic rings. The molecule has 140 valence electrons. The third kappa shape index (κ3) is 4.01. The van der Waals surface area contributed by atoms with Crippen LogP contribution in [0.15, 0.2) is 41.7 Å². The number of nitrogens with zero attached hydrogens (tertiary/aromatic N) is 2. The van der Waals surface area contributed by atoms with Crippen LogP contribution in [-0.4, -0.2) is 21.1 Å². The number of nitrogens with one attached hydrogen (secondary N) is 1. The highest BCUT2D eigenvalue weighted by Gasteiger charge is 2.25. The minimum Gasteiger partial charge on any atom is -0.351 e. The number of aromatic nitrogens is 2. The highest BCUT2D eigenvalue weighted by molar-refractivity contribution is 8.00. The van der Waals surface area contributed by atoms with E-state index in [2.05, 4.69) is 22.2 Å². The zero-order chi connectivity index (χ0) is 18.8. The molecular formula is C21H23N3OS2. The van der Waals surface area contributed by atoms with Crippen LogP contribution < -0.4 is 5.32 Å². The Morgan fingerprint density at radius 1 is 1.33 bits per heavy atom. The first-order valence-electron chi connectivity index (χ1n) is 9.35. The summed E-state index contributed by atoms with van der Waals surface area (Å²) in [4.78, 5) is 24.1. The fourth-order valence-electron chi connectivity index (χ4n) is 3.49. The third-order valence-corrected chi connectivity index (χ3v) is 7.29. The van der Waals surface area contributed by atoms with E-state index < -0.39 is 0 Å². The number of carbonyl (C=O) groups excluding carboxylic acids is 1. The molecule has 0 unspecified atom stereocenters. The van der Waals surface area contributed by atoms with Crippen molar-refractivity contribution in [3.8, 4) is 0 Å². The predicted octanol–water partition coefficient (Wildman–Crippen LogP) is 4.61. The van der Waals surface area contributed by atoms with Crippen molar-refractivity contribution in [3.63, 3.8) is 0 Å². The van der Waals surface area contributed by atoms with Gasteiger partial charge in [-0.2, -0.15) is 0 Å². The Morgan fingerprint density at radius 2 is 2.15 bits per heavy atom. The van der Waals surface area contributed by atoms with E-state index in [0.717, 1.165) is 34.2 Å². The molecule has 0 radical (unpaired) electrons. The first-order chi connectivity index (χ1) is 13.1. The van der Waals surface area contributed by atoms with Gasteiger partial charge in [0.05, 0.1) is 5.25 Å². The maximum absolute atomic E-state index is 12.6. The van der Waals surface area contributed by atoms with Crippen LogP contribution in [0.4, 0.5) is 0 Å². The second kappa shape index (κ2) is 7.98. The molecule has 3 aromatic rings. The van der Waals surface area contributed by atoms with Crippen LogP contribution in [0.3, 0.4) is 0 Å². The van der Waals surface area contributed by atoms with E-state index in [9.17, 15) is 4.79 Å². The van der Waals surface area contributed by atoms with E-state index in [4.69, 9.17) is 0 Å². The smallest absolute Gasteiger partial charge is 0.233 e. The molecule has 1 aliphatic carbocycles. The fourth-order valence-corrected chi connectivity index (χ4v) is 5.87. The Bertz CT molecular complexity index is 955. The number of aryl methyl sites for hydroxylation is 1. The average Bonchev–Trinajstić information content (AvgIpc) is 3.05. The van der Waals surface area contributed by atoms with E-state index in [1.54, 1.807) is 17.7 Å².